The van der Waals surface area contributed by atoms with Gasteiger partial charge >= 0.3 is 41.9 Å². The Morgan fingerprint density at radius 2 is 0.788 bits per heavy atom. The molecular formula is C48H48Cl2SiZr-2. The van der Waals surface area contributed by atoms with Crippen LogP contribution in [0.5, 0.6) is 0 Å². The number of halogens is 2. The van der Waals surface area contributed by atoms with Gasteiger partial charge in [0.15, 0.2) is 0 Å². The molecule has 0 aliphatic rings. The molecule has 52 heavy (non-hydrogen) atoms. The van der Waals surface area contributed by atoms with Gasteiger partial charge in [0.2, 0.25) is 0 Å². The minimum absolute atomic E-state index is 0. The Kier molecular flexibility index (Phi) is 16.2. The number of unbranched alkanes of at least 4 members (excludes halogenated alkanes) is 2. The third kappa shape index (κ3) is 9.64. The van der Waals surface area contributed by atoms with Gasteiger partial charge in [-0.15, -0.1) is 92.3 Å². The Labute approximate surface area is 338 Å². The summed E-state index contributed by atoms with van der Waals surface area (Å²) in [4.78, 5) is 0. The second-order valence-corrected chi connectivity index (χ2v) is 22.9. The van der Waals surface area contributed by atoms with Crippen molar-refractivity contribution in [3.63, 3.8) is 0 Å². The summed E-state index contributed by atoms with van der Waals surface area (Å²) in [6.45, 7) is 9.15. The normalized spacial score (nSPS) is 10.6. The molecule has 0 radical (unpaired) electrons. The van der Waals surface area contributed by atoms with Crippen molar-refractivity contribution in [2.45, 2.75) is 65.5 Å². The molecule has 0 N–H and O–H groups in total. The van der Waals surface area contributed by atoms with E-state index in [9.17, 15) is 0 Å². The fraction of sp³-hybridized carbons (Fsp3) is 0.208. The quantitative estimate of drug-likeness (QED) is 0.107. The van der Waals surface area contributed by atoms with Crippen molar-refractivity contribution < 1.29 is 48.1 Å². The van der Waals surface area contributed by atoms with Crippen LogP contribution in [-0.4, -0.2) is 5.43 Å². The molecule has 0 bridgehead atoms. The molecule has 0 spiro atoms. The number of hydrogen-bond acceptors (Lipinski definition) is 0. The van der Waals surface area contributed by atoms with Crippen molar-refractivity contribution in [2.24, 2.45) is 0 Å². The predicted octanol–water partition coefficient (Wildman–Crippen LogP) is 8.24. The molecule has 0 saturated heterocycles. The smallest absolute Gasteiger partial charge is 1.00 e. The standard InChI is InChI=1S/2C23H21.C2H6Si.2ClH.Zr/c2*1-2-3-9-19-16-18-11-5-7-14-21(18)23(19)22-15-8-12-17-10-4-6-13-20(17)22;1-3-2;;;/h2*4-8,10-16H,2-3,9H2,1H3;1-2H3;2*1H;/q2*-1;;;;+2/p-2. The molecule has 0 saturated carbocycles. The zero-order valence-corrected chi connectivity index (χ0v) is 35.8. The first-order valence-electron chi connectivity index (χ1n) is 18.3. The van der Waals surface area contributed by atoms with Crippen molar-refractivity contribution in [1.82, 2.24) is 0 Å². The van der Waals surface area contributed by atoms with Crippen LogP contribution in [0.1, 0.15) is 50.7 Å². The Bertz CT molecular complexity index is 2190. The van der Waals surface area contributed by atoms with E-state index < -0.39 is 0 Å². The molecule has 0 unspecified atom stereocenters. The van der Waals surface area contributed by atoms with Crippen LogP contribution in [0.15, 0.2) is 146 Å². The van der Waals surface area contributed by atoms with Crippen molar-refractivity contribution in [1.29, 1.82) is 0 Å². The average molecular weight is 815 g/mol. The Balaban J connectivity index is 0.000000204. The van der Waals surface area contributed by atoms with E-state index in [-0.39, 0.29) is 30.2 Å². The third-order valence-corrected chi connectivity index (χ3v) is 9.48. The summed E-state index contributed by atoms with van der Waals surface area (Å²) in [5.41, 5.74) is 8.80. The fourth-order valence-corrected chi connectivity index (χ4v) is 7.22. The monoisotopic (exact) mass is 812 g/mol. The molecule has 0 heterocycles. The van der Waals surface area contributed by atoms with Gasteiger partial charge in [0, 0.05) is 0 Å². The summed E-state index contributed by atoms with van der Waals surface area (Å²) in [6.07, 6.45) is 7.27. The van der Waals surface area contributed by atoms with Crippen molar-refractivity contribution in [3.8, 4) is 22.3 Å². The molecule has 0 aliphatic carbocycles. The van der Waals surface area contributed by atoms with Gasteiger partial charge in [-0.1, -0.05) is 148 Å². The zero-order valence-electron chi connectivity index (χ0n) is 30.9. The molecule has 8 aromatic carbocycles. The second kappa shape index (κ2) is 20.3. The molecule has 8 aromatic rings. The van der Waals surface area contributed by atoms with E-state index in [1.54, 1.807) is 23.3 Å². The zero-order chi connectivity index (χ0) is 34.9. The van der Waals surface area contributed by atoms with Gasteiger partial charge in [-0.05, 0) is 34.4 Å². The van der Waals surface area contributed by atoms with Gasteiger partial charge in [0.05, 0.1) is 0 Å². The van der Waals surface area contributed by atoms with Crippen LogP contribution in [0.25, 0.3) is 65.3 Å². The van der Waals surface area contributed by atoms with Crippen LogP contribution in [0.3, 0.4) is 0 Å². The molecule has 4 heteroatoms. The largest absolute Gasteiger partial charge is 1.00 e. The topological polar surface area (TPSA) is 0 Å². The van der Waals surface area contributed by atoms with E-state index >= 15 is 0 Å². The summed E-state index contributed by atoms with van der Waals surface area (Å²) in [6, 6.07) is 53.1. The Morgan fingerprint density at radius 1 is 0.462 bits per heavy atom. The molecule has 0 fully saturated rings. The molecule has 0 aliphatic heterocycles. The molecule has 264 valence electrons. The van der Waals surface area contributed by atoms with E-state index in [0.717, 1.165) is 12.8 Å². The number of hydrogen-bond donors (Lipinski definition) is 0. The van der Waals surface area contributed by atoms with Crippen molar-refractivity contribution >= 4 is 48.5 Å². The first kappa shape index (κ1) is 41.5. The minimum Gasteiger partial charge on any atom is -1.00 e. The molecule has 8 rings (SSSR count). The fourth-order valence-electron chi connectivity index (χ4n) is 7.22. The number of benzene rings is 6. The van der Waals surface area contributed by atoms with Gasteiger partial charge in [0.25, 0.3) is 0 Å². The van der Waals surface area contributed by atoms with Crippen molar-refractivity contribution in [2.75, 3.05) is 0 Å². The van der Waals surface area contributed by atoms with E-state index in [1.807, 2.05) is 0 Å². The molecular weight excluding hydrogens is 767 g/mol. The second-order valence-electron chi connectivity index (χ2n) is 13.5. The van der Waals surface area contributed by atoms with Gasteiger partial charge in [-0.3, -0.25) is 0 Å². The molecule has 0 atom stereocenters. The number of rotatable bonds is 8. The van der Waals surface area contributed by atoms with Crippen LogP contribution in [0.2, 0.25) is 13.1 Å². The maximum atomic E-state index is 2.39. The Hall–Kier alpha value is -3.26. The molecule has 0 aromatic heterocycles. The molecule has 0 nitrogen and oxygen atoms in total. The van der Waals surface area contributed by atoms with Gasteiger partial charge in [-0.25, -0.2) is 0 Å². The summed E-state index contributed by atoms with van der Waals surface area (Å²) in [7, 11) is 0. The van der Waals surface area contributed by atoms with Crippen molar-refractivity contribution in [3.05, 3.63) is 157 Å². The predicted molar refractivity (Wildman–Crippen MR) is 220 cm³/mol. The number of aryl methyl sites for hydroxylation is 2. The van der Waals surface area contributed by atoms with Crippen LogP contribution in [-0.2, 0) is 36.2 Å². The molecule has 0 amide bonds. The maximum absolute atomic E-state index is 2.39. The minimum atomic E-state index is 0. The van der Waals surface area contributed by atoms with Gasteiger partial charge < -0.3 is 24.8 Å². The first-order chi connectivity index (χ1) is 24.5. The van der Waals surface area contributed by atoms with Gasteiger partial charge in [0.1, 0.15) is 0 Å². The van der Waals surface area contributed by atoms with E-state index in [2.05, 4.69) is 173 Å². The summed E-state index contributed by atoms with van der Waals surface area (Å²) < 4.78 is 0. The number of fused-ring (bicyclic) bond motifs is 4. The van der Waals surface area contributed by atoms with Crippen LogP contribution in [0, 0.1) is 0 Å². The third-order valence-electron chi connectivity index (χ3n) is 9.48. The summed E-state index contributed by atoms with van der Waals surface area (Å²) in [5, 5.41) is 10.8. The van der Waals surface area contributed by atoms with Crippen LogP contribution >= 0.6 is 0 Å². The summed E-state index contributed by atoms with van der Waals surface area (Å²) >= 11 is 1.74. The maximum Gasteiger partial charge on any atom is -1.00 e. The van der Waals surface area contributed by atoms with Crippen LogP contribution < -0.4 is 24.8 Å². The van der Waals surface area contributed by atoms with Crippen LogP contribution in [0.4, 0.5) is 0 Å². The van der Waals surface area contributed by atoms with E-state index in [0.29, 0.717) is 0 Å². The SMILES string of the molecule is CCCCc1[cH-]c2ccccc2c1-c1cccc2ccccc12.CCCCc1[cH-]c2ccccc2c1-c1cccc2ccccc12.C[Si](C)=[Zr+2].[Cl-].[Cl-]. The average Bonchev–Trinajstić information content (AvgIpc) is 3.70. The first-order valence-corrected chi connectivity index (χ1v) is 24.5. The Morgan fingerprint density at radius 3 is 1.17 bits per heavy atom. The summed E-state index contributed by atoms with van der Waals surface area (Å²) in [5.74, 6) is 0. The van der Waals surface area contributed by atoms with E-state index in [1.165, 1.54) is 102 Å². The van der Waals surface area contributed by atoms with E-state index in [4.69, 9.17) is 0 Å². The van der Waals surface area contributed by atoms with Gasteiger partial charge in [-0.2, -0.15) is 0 Å².